The van der Waals surface area contributed by atoms with E-state index in [4.69, 9.17) is 10.7 Å². The van der Waals surface area contributed by atoms with Crippen molar-refractivity contribution in [3.8, 4) is 0 Å². The number of carbonyl (C=O) groups is 1. The highest BCUT2D eigenvalue weighted by molar-refractivity contribution is 7.11. The van der Waals surface area contributed by atoms with Crippen LogP contribution in [0, 0.1) is 0 Å². The third-order valence-corrected chi connectivity index (χ3v) is 5.65. The largest absolute Gasteiger partial charge is 0.341 e. The van der Waals surface area contributed by atoms with Gasteiger partial charge in [-0.1, -0.05) is 0 Å². The van der Waals surface area contributed by atoms with Gasteiger partial charge in [-0.2, -0.15) is 0 Å². The molecule has 0 saturated carbocycles. The molecule has 4 nitrogen and oxygen atoms in total. The minimum Gasteiger partial charge on any atom is -0.341 e. The zero-order valence-corrected chi connectivity index (χ0v) is 12.9. The molecule has 0 aromatic carbocycles. The van der Waals surface area contributed by atoms with Gasteiger partial charge >= 0.3 is 0 Å². The van der Waals surface area contributed by atoms with Crippen LogP contribution in [-0.4, -0.2) is 34.9 Å². The molecule has 1 aliphatic carbocycles. The molecule has 1 amide bonds. The smallest absolute Gasteiger partial charge is 0.239 e. The van der Waals surface area contributed by atoms with E-state index >= 15 is 0 Å². The Morgan fingerprint density at radius 2 is 2.20 bits per heavy atom. The first-order valence-electron chi connectivity index (χ1n) is 7.68. The minimum absolute atomic E-state index is 0.0796. The van der Waals surface area contributed by atoms with Crippen molar-refractivity contribution in [2.24, 2.45) is 5.73 Å². The van der Waals surface area contributed by atoms with Gasteiger partial charge in [0.15, 0.2) is 0 Å². The average molecular weight is 293 g/mol. The molecule has 2 atom stereocenters. The second-order valence-electron chi connectivity index (χ2n) is 6.04. The van der Waals surface area contributed by atoms with Crippen LogP contribution in [0.3, 0.4) is 0 Å². The molecular weight excluding hydrogens is 270 g/mol. The molecule has 0 radical (unpaired) electrons. The quantitative estimate of drug-likeness (QED) is 0.908. The maximum atomic E-state index is 12.1. The van der Waals surface area contributed by atoms with Crippen molar-refractivity contribution < 1.29 is 4.79 Å². The second-order valence-corrected chi connectivity index (χ2v) is 7.16. The molecule has 1 aliphatic heterocycles. The number of aromatic nitrogens is 1. The lowest BCUT2D eigenvalue weighted by Crippen LogP contribution is -2.46. The number of fused-ring (bicyclic) bond motifs is 1. The van der Waals surface area contributed by atoms with Gasteiger partial charge in [-0.05, 0) is 45.4 Å². The van der Waals surface area contributed by atoms with E-state index in [1.54, 1.807) is 6.92 Å². The first kappa shape index (κ1) is 14.0. The van der Waals surface area contributed by atoms with E-state index in [0.29, 0.717) is 5.92 Å². The summed E-state index contributed by atoms with van der Waals surface area (Å²) in [5, 5.41) is 1.25. The van der Waals surface area contributed by atoms with Gasteiger partial charge in [-0.3, -0.25) is 4.79 Å². The maximum absolute atomic E-state index is 12.1. The summed E-state index contributed by atoms with van der Waals surface area (Å²) in [6.45, 7) is 3.42. The summed E-state index contributed by atoms with van der Waals surface area (Å²) < 4.78 is 0. The number of thiazole rings is 1. The average Bonchev–Trinajstić information content (AvgIpc) is 2.90. The Morgan fingerprint density at radius 1 is 1.40 bits per heavy atom. The highest BCUT2D eigenvalue weighted by Gasteiger charge is 2.29. The molecule has 3 rings (SSSR count). The predicted octanol–water partition coefficient (Wildman–Crippen LogP) is 2.08. The summed E-state index contributed by atoms with van der Waals surface area (Å²) in [6, 6.07) is -0.391. The van der Waals surface area contributed by atoms with Crippen LogP contribution in [0.4, 0.5) is 0 Å². The fourth-order valence-electron chi connectivity index (χ4n) is 3.21. The topological polar surface area (TPSA) is 59.2 Å². The molecule has 110 valence electrons. The second kappa shape index (κ2) is 5.82. The Hall–Kier alpha value is -0.940. The molecule has 2 N–H and O–H groups in total. The van der Waals surface area contributed by atoms with Crippen LogP contribution < -0.4 is 5.73 Å². The van der Waals surface area contributed by atoms with Crippen molar-refractivity contribution >= 4 is 17.2 Å². The van der Waals surface area contributed by atoms with Gasteiger partial charge in [0.05, 0.1) is 16.7 Å². The molecular formula is C15H23N3OS. The summed E-state index contributed by atoms with van der Waals surface area (Å²) in [5.41, 5.74) is 7.05. The number of aryl methyl sites for hydroxylation is 2. The fourth-order valence-corrected chi connectivity index (χ4v) is 4.49. The van der Waals surface area contributed by atoms with Gasteiger partial charge in [0.2, 0.25) is 5.91 Å². The number of nitrogens with zero attached hydrogens (tertiary/aromatic N) is 2. The number of likely N-dealkylation sites (tertiary alicyclic amines) is 1. The van der Waals surface area contributed by atoms with Gasteiger partial charge in [0.1, 0.15) is 0 Å². The number of carbonyl (C=O) groups excluding carboxylic acids is 1. The molecule has 2 heterocycles. The third-order valence-electron chi connectivity index (χ3n) is 4.33. The summed E-state index contributed by atoms with van der Waals surface area (Å²) in [7, 11) is 0. The molecule has 1 aromatic heterocycles. The molecule has 0 bridgehead atoms. The Kier molecular flexibility index (Phi) is 4.08. The number of rotatable bonds is 2. The molecule has 1 fully saturated rings. The number of hydrogen-bond donors (Lipinski definition) is 1. The van der Waals surface area contributed by atoms with Crippen molar-refractivity contribution in [3.63, 3.8) is 0 Å². The van der Waals surface area contributed by atoms with Gasteiger partial charge in [0, 0.05) is 23.9 Å². The molecule has 1 aromatic rings. The van der Waals surface area contributed by atoms with E-state index in [1.807, 2.05) is 16.2 Å². The summed E-state index contributed by atoms with van der Waals surface area (Å²) >= 11 is 1.88. The van der Waals surface area contributed by atoms with Gasteiger partial charge < -0.3 is 10.6 Å². The lowest BCUT2D eigenvalue weighted by molar-refractivity contribution is -0.133. The molecule has 2 aliphatic rings. The number of amides is 1. The number of nitrogens with two attached hydrogens (primary N) is 1. The summed E-state index contributed by atoms with van der Waals surface area (Å²) in [4.78, 5) is 20.3. The minimum atomic E-state index is -0.391. The number of hydrogen-bond acceptors (Lipinski definition) is 4. The van der Waals surface area contributed by atoms with Crippen LogP contribution in [0.5, 0.6) is 0 Å². The lowest BCUT2D eigenvalue weighted by atomic mass is 9.98. The van der Waals surface area contributed by atoms with Gasteiger partial charge in [0.25, 0.3) is 0 Å². The van der Waals surface area contributed by atoms with E-state index in [0.717, 1.165) is 32.4 Å². The summed E-state index contributed by atoms with van der Waals surface area (Å²) in [6.07, 6.45) is 7.12. The van der Waals surface area contributed by atoms with E-state index < -0.39 is 6.04 Å². The van der Waals surface area contributed by atoms with Crippen molar-refractivity contribution in [2.75, 3.05) is 13.1 Å². The Morgan fingerprint density at radius 3 is 2.95 bits per heavy atom. The highest BCUT2D eigenvalue weighted by Crippen LogP contribution is 2.34. The molecule has 1 saturated heterocycles. The number of piperidine rings is 1. The first-order valence-corrected chi connectivity index (χ1v) is 8.49. The monoisotopic (exact) mass is 293 g/mol. The standard InChI is InChI=1S/C15H23N3OS/c1-10(16)15(19)18-8-4-5-11(9-18)14-17-12-6-2-3-7-13(12)20-14/h10-11H,2-9,16H2,1H3/t10-,11+/m1/s1. The molecule has 0 spiro atoms. The fraction of sp³-hybridized carbons (Fsp3) is 0.733. The third kappa shape index (κ3) is 2.74. The Balaban J connectivity index is 1.73. The van der Waals surface area contributed by atoms with Crippen LogP contribution in [0.2, 0.25) is 0 Å². The van der Waals surface area contributed by atoms with Crippen LogP contribution in [0.1, 0.15) is 54.1 Å². The van der Waals surface area contributed by atoms with E-state index in [2.05, 4.69) is 0 Å². The Labute approximate surface area is 124 Å². The molecule has 5 heteroatoms. The van der Waals surface area contributed by atoms with Crippen molar-refractivity contribution in [1.29, 1.82) is 0 Å². The van der Waals surface area contributed by atoms with Crippen LogP contribution in [-0.2, 0) is 17.6 Å². The van der Waals surface area contributed by atoms with Crippen LogP contribution in [0.15, 0.2) is 0 Å². The highest BCUT2D eigenvalue weighted by atomic mass is 32.1. The SMILES string of the molecule is C[C@@H](N)C(=O)N1CCC[C@H](c2nc3c(s2)CCCC3)C1. The van der Waals surface area contributed by atoms with Gasteiger partial charge in [-0.15, -0.1) is 11.3 Å². The van der Waals surface area contributed by atoms with Gasteiger partial charge in [-0.25, -0.2) is 4.98 Å². The van der Waals surface area contributed by atoms with Crippen molar-refractivity contribution in [2.45, 2.75) is 57.4 Å². The predicted molar refractivity (Wildman–Crippen MR) is 81.0 cm³/mol. The first-order chi connectivity index (χ1) is 9.65. The van der Waals surface area contributed by atoms with Crippen molar-refractivity contribution in [1.82, 2.24) is 9.88 Å². The maximum Gasteiger partial charge on any atom is 0.239 e. The zero-order valence-electron chi connectivity index (χ0n) is 12.1. The van der Waals surface area contributed by atoms with E-state index in [1.165, 1.54) is 34.8 Å². The molecule has 20 heavy (non-hydrogen) atoms. The van der Waals surface area contributed by atoms with Crippen molar-refractivity contribution in [3.05, 3.63) is 15.6 Å². The Bertz CT molecular complexity index is 474. The zero-order chi connectivity index (χ0) is 14.1. The molecule has 0 unspecified atom stereocenters. The van der Waals surface area contributed by atoms with E-state index in [9.17, 15) is 4.79 Å². The van der Waals surface area contributed by atoms with E-state index in [-0.39, 0.29) is 5.91 Å². The summed E-state index contributed by atoms with van der Waals surface area (Å²) in [5.74, 6) is 0.498. The normalized spacial score (nSPS) is 24.3. The lowest BCUT2D eigenvalue weighted by Gasteiger charge is -2.32. The van der Waals surface area contributed by atoms with Crippen LogP contribution in [0.25, 0.3) is 0 Å². The van der Waals surface area contributed by atoms with Crippen LogP contribution >= 0.6 is 11.3 Å².